The third kappa shape index (κ3) is 6.78. The molecule has 0 aromatic heterocycles. The highest BCUT2D eigenvalue weighted by molar-refractivity contribution is 14.0. The maximum Gasteiger partial charge on any atom is 0.193 e. The van der Waals surface area contributed by atoms with Crippen LogP contribution in [0.25, 0.3) is 0 Å². The number of aryl methyl sites for hydroxylation is 1. The largest absolute Gasteiger partial charge is 0.495 e. The van der Waals surface area contributed by atoms with Crippen LogP contribution in [0.2, 0.25) is 0 Å². The normalized spacial score (nSPS) is 10.8. The highest BCUT2D eigenvalue weighted by Crippen LogP contribution is 2.22. The van der Waals surface area contributed by atoms with Gasteiger partial charge < -0.3 is 15.8 Å². The summed E-state index contributed by atoms with van der Waals surface area (Å²) >= 11 is 3.48. The molecule has 3 N–H and O–H groups in total. The number of para-hydroxylation sites is 2. The number of halogens is 2. The van der Waals surface area contributed by atoms with Gasteiger partial charge in [-0.05, 0) is 42.7 Å². The Bertz CT molecular complexity index is 649. The van der Waals surface area contributed by atoms with E-state index in [0.717, 1.165) is 28.8 Å². The standard InChI is InChI=1S/C17H20BrN3O.HI/c1-22-16-10-3-2-9-15(16)21-17(19)20-11-5-7-13-6-4-8-14(18)12-13;/h2-4,6,8-10,12H,5,7,11H2,1H3,(H3,19,20,21);1H. The van der Waals surface area contributed by atoms with Gasteiger partial charge in [0.1, 0.15) is 5.75 Å². The molecule has 0 heterocycles. The van der Waals surface area contributed by atoms with Gasteiger partial charge in [0.25, 0.3) is 0 Å². The Labute approximate surface area is 162 Å². The third-order valence-corrected chi connectivity index (χ3v) is 3.66. The molecule has 124 valence electrons. The van der Waals surface area contributed by atoms with Crippen LogP contribution >= 0.6 is 39.9 Å². The average molecular weight is 490 g/mol. The molecule has 0 saturated heterocycles. The number of hydrogen-bond acceptors (Lipinski definition) is 2. The van der Waals surface area contributed by atoms with Crippen LogP contribution in [0.1, 0.15) is 12.0 Å². The zero-order chi connectivity index (χ0) is 15.8. The third-order valence-electron chi connectivity index (χ3n) is 3.16. The lowest BCUT2D eigenvalue weighted by atomic mass is 10.1. The molecule has 6 heteroatoms. The fourth-order valence-electron chi connectivity index (χ4n) is 2.10. The minimum Gasteiger partial charge on any atom is -0.495 e. The molecule has 2 aromatic carbocycles. The summed E-state index contributed by atoms with van der Waals surface area (Å²) in [5.41, 5.74) is 8.02. The number of rotatable bonds is 6. The summed E-state index contributed by atoms with van der Waals surface area (Å²) < 4.78 is 6.37. The smallest absolute Gasteiger partial charge is 0.193 e. The topological polar surface area (TPSA) is 59.6 Å². The number of hydrogen-bond donors (Lipinski definition) is 2. The van der Waals surface area contributed by atoms with Crippen molar-refractivity contribution in [2.75, 3.05) is 19.0 Å². The van der Waals surface area contributed by atoms with Gasteiger partial charge in [0.15, 0.2) is 5.96 Å². The lowest BCUT2D eigenvalue weighted by Gasteiger charge is -2.10. The van der Waals surface area contributed by atoms with Crippen molar-refractivity contribution >= 4 is 51.6 Å². The van der Waals surface area contributed by atoms with Crippen molar-refractivity contribution < 1.29 is 4.74 Å². The number of ether oxygens (including phenoxy) is 1. The quantitative estimate of drug-likeness (QED) is 0.273. The van der Waals surface area contributed by atoms with E-state index in [4.69, 9.17) is 10.5 Å². The molecule has 0 aliphatic carbocycles. The Morgan fingerprint density at radius 2 is 2.00 bits per heavy atom. The van der Waals surface area contributed by atoms with Crippen molar-refractivity contribution in [3.05, 3.63) is 58.6 Å². The predicted octanol–water partition coefficient (Wildman–Crippen LogP) is 4.44. The van der Waals surface area contributed by atoms with Gasteiger partial charge in [-0.25, -0.2) is 0 Å². The molecule has 2 aromatic rings. The summed E-state index contributed by atoms with van der Waals surface area (Å²) in [6.45, 7) is 0.681. The van der Waals surface area contributed by atoms with E-state index in [-0.39, 0.29) is 24.0 Å². The van der Waals surface area contributed by atoms with Crippen LogP contribution in [0.4, 0.5) is 5.69 Å². The van der Waals surface area contributed by atoms with Gasteiger partial charge >= 0.3 is 0 Å². The molecule has 0 radical (unpaired) electrons. The second kappa shape index (κ2) is 10.5. The minimum absolute atomic E-state index is 0. The molecule has 4 nitrogen and oxygen atoms in total. The molecule has 0 aliphatic heterocycles. The molecule has 0 fully saturated rings. The van der Waals surface area contributed by atoms with Crippen molar-refractivity contribution in [2.24, 2.45) is 10.7 Å². The van der Waals surface area contributed by atoms with E-state index in [1.807, 2.05) is 36.4 Å². The van der Waals surface area contributed by atoms with Crippen LogP contribution in [-0.2, 0) is 6.42 Å². The number of nitrogens with one attached hydrogen (secondary N) is 1. The van der Waals surface area contributed by atoms with E-state index >= 15 is 0 Å². The highest BCUT2D eigenvalue weighted by Gasteiger charge is 2.02. The van der Waals surface area contributed by atoms with Gasteiger partial charge in [-0.2, -0.15) is 0 Å². The molecule has 0 amide bonds. The fourth-order valence-corrected chi connectivity index (χ4v) is 2.55. The monoisotopic (exact) mass is 489 g/mol. The number of anilines is 1. The molecule has 0 bridgehead atoms. The summed E-state index contributed by atoms with van der Waals surface area (Å²) in [6, 6.07) is 15.9. The Balaban J connectivity index is 0.00000264. The first-order valence-electron chi connectivity index (χ1n) is 7.13. The molecule has 0 atom stereocenters. The number of nitrogens with zero attached hydrogens (tertiary/aromatic N) is 1. The van der Waals surface area contributed by atoms with E-state index in [2.05, 4.69) is 38.4 Å². The zero-order valence-electron chi connectivity index (χ0n) is 13.0. The second-order valence-electron chi connectivity index (χ2n) is 4.83. The first-order valence-corrected chi connectivity index (χ1v) is 7.93. The molecular weight excluding hydrogens is 469 g/mol. The van der Waals surface area contributed by atoms with Crippen LogP contribution < -0.4 is 15.8 Å². The van der Waals surface area contributed by atoms with Crippen LogP contribution in [0, 0.1) is 0 Å². The number of methoxy groups -OCH3 is 1. The highest BCUT2D eigenvalue weighted by atomic mass is 127. The van der Waals surface area contributed by atoms with E-state index < -0.39 is 0 Å². The fraction of sp³-hybridized carbons (Fsp3) is 0.235. The van der Waals surface area contributed by atoms with E-state index in [1.165, 1.54) is 5.56 Å². The van der Waals surface area contributed by atoms with Gasteiger partial charge in [-0.3, -0.25) is 4.99 Å². The van der Waals surface area contributed by atoms with Crippen molar-refractivity contribution in [1.29, 1.82) is 0 Å². The van der Waals surface area contributed by atoms with Crippen LogP contribution in [0.15, 0.2) is 58.0 Å². The molecule has 0 spiro atoms. The van der Waals surface area contributed by atoms with Crippen molar-refractivity contribution in [3.8, 4) is 5.75 Å². The molecule has 23 heavy (non-hydrogen) atoms. The zero-order valence-corrected chi connectivity index (χ0v) is 16.9. The summed E-state index contributed by atoms with van der Waals surface area (Å²) in [5.74, 6) is 1.15. The Morgan fingerprint density at radius 1 is 1.22 bits per heavy atom. The summed E-state index contributed by atoms with van der Waals surface area (Å²) in [7, 11) is 1.63. The van der Waals surface area contributed by atoms with Gasteiger partial charge in [0.2, 0.25) is 0 Å². The van der Waals surface area contributed by atoms with Gasteiger partial charge in [-0.1, -0.05) is 40.2 Å². The van der Waals surface area contributed by atoms with Crippen LogP contribution in [0.3, 0.4) is 0 Å². The van der Waals surface area contributed by atoms with Gasteiger partial charge in [0.05, 0.1) is 12.8 Å². The molecule has 0 unspecified atom stereocenters. The first kappa shape index (κ1) is 19.8. The number of nitrogens with two attached hydrogens (primary N) is 1. The number of benzene rings is 2. The Kier molecular flexibility index (Phi) is 9.01. The SMILES string of the molecule is COc1ccccc1NC(N)=NCCCc1cccc(Br)c1.I. The number of guanidine groups is 1. The van der Waals surface area contributed by atoms with Crippen LogP contribution in [-0.4, -0.2) is 19.6 Å². The van der Waals surface area contributed by atoms with Gasteiger partial charge in [0, 0.05) is 11.0 Å². The lowest BCUT2D eigenvalue weighted by Crippen LogP contribution is -2.23. The summed E-state index contributed by atoms with van der Waals surface area (Å²) in [6.07, 6.45) is 1.93. The maximum atomic E-state index is 5.91. The molecule has 0 aliphatic rings. The van der Waals surface area contributed by atoms with E-state index in [9.17, 15) is 0 Å². The average Bonchev–Trinajstić information content (AvgIpc) is 2.52. The van der Waals surface area contributed by atoms with Crippen molar-refractivity contribution in [2.45, 2.75) is 12.8 Å². The lowest BCUT2D eigenvalue weighted by molar-refractivity contribution is 0.417. The summed E-state index contributed by atoms with van der Waals surface area (Å²) in [4.78, 5) is 4.35. The predicted molar refractivity (Wildman–Crippen MR) is 111 cm³/mol. The molecule has 2 rings (SSSR count). The molecular formula is C17H21BrIN3O. The van der Waals surface area contributed by atoms with Gasteiger partial charge in [-0.15, -0.1) is 24.0 Å². The number of aliphatic imine (C=N–C) groups is 1. The van der Waals surface area contributed by atoms with E-state index in [1.54, 1.807) is 7.11 Å². The van der Waals surface area contributed by atoms with Crippen LogP contribution in [0.5, 0.6) is 5.75 Å². The first-order chi connectivity index (χ1) is 10.7. The van der Waals surface area contributed by atoms with Crippen molar-refractivity contribution in [3.63, 3.8) is 0 Å². The molecule has 0 saturated carbocycles. The Morgan fingerprint density at radius 3 is 2.74 bits per heavy atom. The van der Waals surface area contributed by atoms with E-state index in [0.29, 0.717) is 12.5 Å². The second-order valence-corrected chi connectivity index (χ2v) is 5.74. The summed E-state index contributed by atoms with van der Waals surface area (Å²) in [5, 5.41) is 3.06. The van der Waals surface area contributed by atoms with Crippen molar-refractivity contribution in [1.82, 2.24) is 0 Å². The maximum absolute atomic E-state index is 5.91. The Hall–Kier alpha value is -1.28. The minimum atomic E-state index is 0.